The zero-order valence-corrected chi connectivity index (χ0v) is 38.2. The average molecular weight is 1010 g/mol. The first kappa shape index (κ1) is 59.0. The van der Waals surface area contributed by atoms with Crippen molar-refractivity contribution in [2.75, 3.05) is 26.2 Å². The minimum absolute atomic E-state index is 0. The number of amides is 7. The van der Waals surface area contributed by atoms with E-state index in [0.29, 0.717) is 31.5 Å². The van der Waals surface area contributed by atoms with Crippen molar-refractivity contribution in [3.8, 4) is 0 Å². The topological polar surface area (TPSA) is 426 Å². The second kappa shape index (κ2) is 27.6. The van der Waals surface area contributed by atoms with Crippen LogP contribution in [-0.2, 0) is 62.5 Å². The first-order valence-electron chi connectivity index (χ1n) is 20.0. The molecule has 1 fully saturated rings. The Hall–Kier alpha value is -5.01. The van der Waals surface area contributed by atoms with E-state index in [9.17, 15) is 89.1 Å². The fourth-order valence-corrected chi connectivity index (χ4v) is 7.80. The minimum atomic E-state index is -2.29. The standard InChI is InChI=1S/C36H58N10O18S.Fe/c1-17(48)44(62)12-5-8-20(37)30(55)38-21(9-6-13-45(63)18(2)49)31(56)39-22(10-7-14-46(64)19(3)50)32(57)40-23(16-47)33(58)41-25(35(59)60)26(52)29-27(53)28(54)34(65-29)43-15-11-24(51)42(4)36(43)61;/h11,15,20-23,25-29,34,47,52-54,62-64H,5-10,12-14,16,37H2,1-4H3,(H,38,55)(H,39,56)(H,40,57)(H,41,58)(H,59,60);/q;+3/t20?,21?,22?,23?,25?,26?,27-,28+,29+,34+;/m0./s1. The number of aliphatic hydroxyl groups excluding tert-OH is 4. The number of thioether (sulfide) groups is 1. The number of aromatic nitrogens is 2. The molecule has 14 N–H and O–H groups in total. The Morgan fingerprint density at radius 2 is 1.15 bits per heavy atom. The fraction of sp³-hybridized carbons (Fsp3) is 0.667. The van der Waals surface area contributed by atoms with Crippen LogP contribution in [0.5, 0.6) is 0 Å². The Morgan fingerprint density at radius 3 is 1.59 bits per heavy atom. The van der Waals surface area contributed by atoms with Gasteiger partial charge in [-0.05, 0) is 38.5 Å². The molecule has 1 aromatic rings. The molecule has 0 spiro atoms. The summed E-state index contributed by atoms with van der Waals surface area (Å²) < 4.78 is 1.57. The summed E-state index contributed by atoms with van der Waals surface area (Å²) in [7, 11) is 1.14. The number of aliphatic carboxylic acids is 1. The number of carboxylic acid groups (broad SMARTS) is 1. The van der Waals surface area contributed by atoms with Crippen molar-refractivity contribution < 1.29 is 96.6 Å². The SMILES string of the molecule is CC(=O)N(O)CCCC(N)C(=O)NC(CCCN(O)C(C)=O)C(=O)NC(CCCN(O)C(C)=O)C(=O)NC(CO)C(=O)NC(C(=O)O)C(O)[C@H]1S[C@@H](n2ccc(=O)n(C)c2=O)[C@H](O)[C@@H]1O.[Fe+3]. The number of carboxylic acids is 1. The Kier molecular flexibility index (Phi) is 24.7. The van der Waals surface area contributed by atoms with Crippen LogP contribution in [0.2, 0.25) is 0 Å². The maximum absolute atomic E-state index is 13.8. The van der Waals surface area contributed by atoms with Crippen molar-refractivity contribution in [2.24, 2.45) is 12.8 Å². The largest absolute Gasteiger partial charge is 3.00 e. The van der Waals surface area contributed by atoms with E-state index in [1.54, 1.807) is 0 Å². The molecule has 1 saturated heterocycles. The molecule has 1 radical (unpaired) electrons. The van der Waals surface area contributed by atoms with Crippen LogP contribution in [0.3, 0.4) is 0 Å². The smallest absolute Gasteiger partial charge is 0.480 e. The zero-order valence-electron chi connectivity index (χ0n) is 36.2. The number of nitrogens with one attached hydrogen (secondary N) is 4. The molecule has 66 heavy (non-hydrogen) atoms. The van der Waals surface area contributed by atoms with Crippen molar-refractivity contribution in [1.29, 1.82) is 0 Å². The van der Waals surface area contributed by atoms with Crippen LogP contribution in [0.25, 0.3) is 0 Å². The van der Waals surface area contributed by atoms with Gasteiger partial charge in [-0.25, -0.2) is 24.8 Å². The van der Waals surface area contributed by atoms with Crippen molar-refractivity contribution in [3.63, 3.8) is 0 Å². The summed E-state index contributed by atoms with van der Waals surface area (Å²) >= 11 is 0.552. The fourth-order valence-electron chi connectivity index (χ4n) is 6.23. The van der Waals surface area contributed by atoms with Crippen LogP contribution in [0.15, 0.2) is 21.9 Å². The number of hydrogen-bond acceptors (Lipinski definition) is 19. The molecular formula is C36H58FeN10O18S+3. The number of nitrogens with two attached hydrogens (primary N) is 1. The van der Waals surface area contributed by atoms with E-state index in [-0.39, 0.29) is 75.2 Å². The Bertz CT molecular complexity index is 2000. The van der Waals surface area contributed by atoms with Gasteiger partial charge >= 0.3 is 28.7 Å². The van der Waals surface area contributed by atoms with Crippen LogP contribution in [0.4, 0.5) is 0 Å². The molecule has 1 aliphatic heterocycles. The number of carbonyl (C=O) groups excluding carboxylic acids is 7. The Balaban J connectivity index is 0.0000218. The maximum atomic E-state index is 13.8. The quantitative estimate of drug-likeness (QED) is 0.0246. The van der Waals surface area contributed by atoms with Gasteiger partial charge in [0.25, 0.3) is 5.56 Å². The number of hydroxylamine groups is 6. The molecule has 30 heteroatoms. The van der Waals surface area contributed by atoms with E-state index in [1.165, 1.54) is 0 Å². The predicted molar refractivity (Wildman–Crippen MR) is 220 cm³/mol. The summed E-state index contributed by atoms with van der Waals surface area (Å²) in [5, 5.41) is 89.1. The van der Waals surface area contributed by atoms with Gasteiger partial charge in [0.1, 0.15) is 29.6 Å². The predicted octanol–water partition coefficient (Wildman–Crippen LogP) is -6.36. The summed E-state index contributed by atoms with van der Waals surface area (Å²) in [5.74, 6) is -8.65. The van der Waals surface area contributed by atoms with Gasteiger partial charge in [0.15, 0.2) is 6.04 Å². The molecule has 10 atom stereocenters. The summed E-state index contributed by atoms with van der Waals surface area (Å²) in [6.45, 7) is 1.11. The molecule has 6 unspecified atom stereocenters. The van der Waals surface area contributed by atoms with E-state index in [0.717, 1.165) is 44.6 Å². The summed E-state index contributed by atoms with van der Waals surface area (Å²) in [6, 6.07) is -7.79. The molecule has 1 aromatic heterocycles. The van der Waals surface area contributed by atoms with Gasteiger partial charge in [-0.15, -0.1) is 11.8 Å². The van der Waals surface area contributed by atoms with Crippen LogP contribution >= 0.6 is 11.8 Å². The molecule has 2 heterocycles. The molecule has 7 amide bonds. The van der Waals surface area contributed by atoms with Crippen LogP contribution in [-0.4, -0.2) is 193 Å². The van der Waals surface area contributed by atoms with Gasteiger partial charge in [-0.3, -0.25) is 63.1 Å². The first-order valence-corrected chi connectivity index (χ1v) is 21.0. The van der Waals surface area contributed by atoms with Crippen molar-refractivity contribution in [3.05, 3.63) is 33.1 Å². The second-order valence-electron chi connectivity index (χ2n) is 15.0. The van der Waals surface area contributed by atoms with Gasteiger partial charge in [0.05, 0.1) is 30.1 Å². The summed E-state index contributed by atoms with van der Waals surface area (Å²) in [4.78, 5) is 125. The van der Waals surface area contributed by atoms with E-state index in [2.05, 4.69) is 16.0 Å². The number of carbonyl (C=O) groups is 8. The van der Waals surface area contributed by atoms with Crippen LogP contribution < -0.4 is 38.2 Å². The maximum Gasteiger partial charge on any atom is 3.00 e. The molecule has 0 aliphatic carbocycles. The van der Waals surface area contributed by atoms with E-state index < -0.39 is 124 Å². The number of rotatable bonds is 25. The third-order valence-electron chi connectivity index (χ3n) is 10.1. The average Bonchev–Trinajstić information content (AvgIpc) is 3.54. The third kappa shape index (κ3) is 17.0. The Labute approximate surface area is 390 Å². The molecule has 28 nitrogen and oxygen atoms in total. The van der Waals surface area contributed by atoms with Gasteiger partial charge in [0, 0.05) is 59.7 Å². The summed E-state index contributed by atoms with van der Waals surface area (Å²) in [5.41, 5.74) is 4.37. The number of hydrogen-bond donors (Lipinski definition) is 13. The second-order valence-corrected chi connectivity index (χ2v) is 16.3. The van der Waals surface area contributed by atoms with Crippen molar-refractivity contribution in [2.45, 2.75) is 118 Å². The van der Waals surface area contributed by atoms with Crippen LogP contribution in [0, 0.1) is 0 Å². The van der Waals surface area contributed by atoms with Crippen LogP contribution in [0.1, 0.15) is 64.7 Å². The minimum Gasteiger partial charge on any atom is -0.480 e. The molecule has 2 rings (SSSR count). The Morgan fingerprint density at radius 1 is 0.727 bits per heavy atom. The van der Waals surface area contributed by atoms with E-state index in [4.69, 9.17) is 5.73 Å². The molecule has 371 valence electrons. The normalized spacial score (nSPS) is 19.3. The molecule has 1 aliphatic rings. The molecular weight excluding hydrogens is 948 g/mol. The number of nitrogens with zero attached hydrogens (tertiary/aromatic N) is 5. The van der Waals surface area contributed by atoms with Gasteiger partial charge in [-0.1, -0.05) is 0 Å². The molecule has 0 aromatic carbocycles. The van der Waals surface area contributed by atoms with Crippen molar-refractivity contribution in [1.82, 2.24) is 45.6 Å². The third-order valence-corrected chi connectivity index (χ3v) is 11.8. The first-order chi connectivity index (χ1) is 30.3. The monoisotopic (exact) mass is 1010 g/mol. The van der Waals surface area contributed by atoms with Crippen molar-refractivity contribution >= 4 is 59.1 Å². The molecule has 0 saturated carbocycles. The van der Waals surface area contributed by atoms with Gasteiger partial charge in [0.2, 0.25) is 41.4 Å². The van der Waals surface area contributed by atoms with E-state index >= 15 is 0 Å². The van der Waals surface area contributed by atoms with Gasteiger partial charge in [-0.2, -0.15) is 0 Å². The van der Waals surface area contributed by atoms with E-state index in [1.807, 2.05) is 5.32 Å². The molecule has 0 bridgehead atoms. The van der Waals surface area contributed by atoms with Gasteiger partial charge < -0.3 is 52.5 Å². The zero-order chi connectivity index (χ0) is 49.5. The summed E-state index contributed by atoms with van der Waals surface area (Å²) in [6.07, 6.45) is -5.87. The number of aliphatic hydroxyl groups is 4.